The van der Waals surface area contributed by atoms with Gasteiger partial charge in [0, 0.05) is 17.7 Å². The highest BCUT2D eigenvalue weighted by Crippen LogP contribution is 2.33. The molecule has 2 aromatic rings. The monoisotopic (exact) mass is 258 g/mol. The van der Waals surface area contributed by atoms with Crippen molar-refractivity contribution in [1.29, 1.82) is 0 Å². The van der Waals surface area contributed by atoms with Crippen LogP contribution < -0.4 is 10.5 Å². The summed E-state index contributed by atoms with van der Waals surface area (Å²) in [6, 6.07) is 13.3. The third-order valence-electron chi connectivity index (χ3n) is 2.69. The van der Waals surface area contributed by atoms with Gasteiger partial charge in [0.15, 0.2) is 0 Å². The Morgan fingerprint density at radius 1 is 1.11 bits per heavy atom. The first-order valence-electron chi connectivity index (χ1n) is 5.85. The van der Waals surface area contributed by atoms with Gasteiger partial charge in [0.05, 0.1) is 4.92 Å². The Balaban J connectivity index is 2.39. The van der Waals surface area contributed by atoms with Gasteiger partial charge in [0.1, 0.15) is 5.75 Å². The molecule has 1 atom stereocenters. The third kappa shape index (κ3) is 2.89. The number of ether oxygens (including phenoxy) is 1. The molecule has 19 heavy (non-hydrogen) atoms. The number of nitrogens with two attached hydrogens (primary N) is 1. The SMILES string of the molecule is CC(N)c1ccccc1Oc1ccccc1[N+](=O)[O-]. The first kappa shape index (κ1) is 13.0. The number of nitro benzene ring substituents is 1. The van der Waals surface area contributed by atoms with E-state index < -0.39 is 4.92 Å². The molecule has 2 rings (SSSR count). The van der Waals surface area contributed by atoms with E-state index in [1.807, 2.05) is 19.1 Å². The van der Waals surface area contributed by atoms with Crippen LogP contribution in [0.4, 0.5) is 5.69 Å². The van der Waals surface area contributed by atoms with Gasteiger partial charge in [0.2, 0.25) is 5.75 Å². The van der Waals surface area contributed by atoms with E-state index >= 15 is 0 Å². The molecule has 1 unspecified atom stereocenters. The zero-order valence-electron chi connectivity index (χ0n) is 10.4. The lowest BCUT2D eigenvalue weighted by molar-refractivity contribution is -0.385. The van der Waals surface area contributed by atoms with Gasteiger partial charge in [0.25, 0.3) is 0 Å². The second kappa shape index (κ2) is 5.49. The van der Waals surface area contributed by atoms with E-state index in [9.17, 15) is 10.1 Å². The molecule has 0 amide bonds. The summed E-state index contributed by atoms with van der Waals surface area (Å²) in [7, 11) is 0. The number of benzene rings is 2. The zero-order chi connectivity index (χ0) is 13.8. The molecule has 0 spiro atoms. The van der Waals surface area contributed by atoms with Crippen LogP contribution in [0.25, 0.3) is 0 Å². The molecule has 0 bridgehead atoms. The van der Waals surface area contributed by atoms with Crippen LogP contribution in [0.2, 0.25) is 0 Å². The van der Waals surface area contributed by atoms with Crippen molar-refractivity contribution in [2.75, 3.05) is 0 Å². The van der Waals surface area contributed by atoms with Crippen LogP contribution in [-0.4, -0.2) is 4.92 Å². The van der Waals surface area contributed by atoms with E-state index in [-0.39, 0.29) is 17.5 Å². The highest BCUT2D eigenvalue weighted by atomic mass is 16.6. The van der Waals surface area contributed by atoms with Crippen molar-refractivity contribution >= 4 is 5.69 Å². The van der Waals surface area contributed by atoms with Crippen molar-refractivity contribution < 1.29 is 9.66 Å². The fraction of sp³-hybridized carbons (Fsp3) is 0.143. The molecular formula is C14H14N2O3. The number of hydrogen-bond acceptors (Lipinski definition) is 4. The predicted molar refractivity (Wildman–Crippen MR) is 72.2 cm³/mol. The standard InChI is InChI=1S/C14H14N2O3/c1-10(15)11-6-2-4-8-13(11)19-14-9-5-3-7-12(14)16(17)18/h2-10H,15H2,1H3. The highest BCUT2D eigenvalue weighted by molar-refractivity contribution is 5.49. The van der Waals surface area contributed by atoms with Gasteiger partial charge in [-0.25, -0.2) is 0 Å². The molecule has 0 saturated carbocycles. The molecular weight excluding hydrogens is 244 g/mol. The molecule has 0 fully saturated rings. The van der Waals surface area contributed by atoms with Gasteiger partial charge in [-0.1, -0.05) is 30.3 Å². The van der Waals surface area contributed by atoms with E-state index in [1.165, 1.54) is 6.07 Å². The summed E-state index contributed by atoms with van der Waals surface area (Å²) in [5.41, 5.74) is 6.59. The fourth-order valence-electron chi connectivity index (χ4n) is 1.76. The van der Waals surface area contributed by atoms with Gasteiger partial charge in [-0.15, -0.1) is 0 Å². The van der Waals surface area contributed by atoms with E-state index in [0.717, 1.165) is 5.56 Å². The summed E-state index contributed by atoms with van der Waals surface area (Å²) in [5.74, 6) is 0.743. The maximum absolute atomic E-state index is 10.9. The minimum absolute atomic E-state index is 0.0676. The summed E-state index contributed by atoms with van der Waals surface area (Å²) in [5, 5.41) is 10.9. The quantitative estimate of drug-likeness (QED) is 0.673. The number of nitro groups is 1. The van der Waals surface area contributed by atoms with Crippen molar-refractivity contribution in [1.82, 2.24) is 0 Å². The zero-order valence-corrected chi connectivity index (χ0v) is 10.4. The molecule has 0 heterocycles. The molecule has 0 aliphatic rings. The van der Waals surface area contributed by atoms with Gasteiger partial charge < -0.3 is 10.5 Å². The summed E-state index contributed by atoms with van der Waals surface area (Å²) in [6.07, 6.45) is 0. The second-order valence-corrected chi connectivity index (χ2v) is 4.15. The van der Waals surface area contributed by atoms with Crippen LogP contribution >= 0.6 is 0 Å². The van der Waals surface area contributed by atoms with Crippen LogP contribution in [-0.2, 0) is 0 Å². The summed E-state index contributed by atoms with van der Waals surface area (Å²) in [4.78, 5) is 10.5. The van der Waals surface area contributed by atoms with Crippen molar-refractivity contribution in [2.24, 2.45) is 5.73 Å². The van der Waals surface area contributed by atoms with Crippen LogP contribution in [0, 0.1) is 10.1 Å². The topological polar surface area (TPSA) is 78.4 Å². The molecule has 0 saturated heterocycles. The predicted octanol–water partition coefficient (Wildman–Crippen LogP) is 3.41. The Morgan fingerprint density at radius 2 is 1.68 bits per heavy atom. The van der Waals surface area contributed by atoms with Crippen LogP contribution in [0.5, 0.6) is 11.5 Å². The summed E-state index contributed by atoms with van der Waals surface area (Å²) >= 11 is 0. The van der Waals surface area contributed by atoms with Crippen LogP contribution in [0.3, 0.4) is 0 Å². The maximum Gasteiger partial charge on any atom is 0.311 e. The fourth-order valence-corrected chi connectivity index (χ4v) is 1.76. The Morgan fingerprint density at radius 3 is 2.32 bits per heavy atom. The minimum Gasteiger partial charge on any atom is -0.450 e. The van der Waals surface area contributed by atoms with Crippen LogP contribution in [0.1, 0.15) is 18.5 Å². The highest BCUT2D eigenvalue weighted by Gasteiger charge is 2.16. The Labute approximate surface area is 110 Å². The molecule has 2 aromatic carbocycles. The Hall–Kier alpha value is -2.40. The van der Waals surface area contributed by atoms with Gasteiger partial charge in [-0.3, -0.25) is 10.1 Å². The van der Waals surface area contributed by atoms with Crippen molar-refractivity contribution in [2.45, 2.75) is 13.0 Å². The van der Waals surface area contributed by atoms with E-state index in [2.05, 4.69) is 0 Å². The smallest absolute Gasteiger partial charge is 0.311 e. The molecule has 0 aliphatic heterocycles. The van der Waals surface area contributed by atoms with Gasteiger partial charge in [-0.05, 0) is 19.1 Å². The van der Waals surface area contributed by atoms with Crippen molar-refractivity contribution in [3.8, 4) is 11.5 Å². The normalized spacial score (nSPS) is 11.9. The van der Waals surface area contributed by atoms with E-state index in [1.54, 1.807) is 30.3 Å². The molecule has 0 aliphatic carbocycles. The first-order valence-corrected chi connectivity index (χ1v) is 5.85. The van der Waals surface area contributed by atoms with Crippen LogP contribution in [0.15, 0.2) is 48.5 Å². The number of nitrogens with zero attached hydrogens (tertiary/aromatic N) is 1. The van der Waals surface area contributed by atoms with E-state index in [0.29, 0.717) is 5.75 Å². The molecule has 2 N–H and O–H groups in total. The lowest BCUT2D eigenvalue weighted by atomic mass is 10.1. The molecule has 0 radical (unpaired) electrons. The van der Waals surface area contributed by atoms with Gasteiger partial charge >= 0.3 is 5.69 Å². The number of para-hydroxylation sites is 3. The molecule has 5 heteroatoms. The largest absolute Gasteiger partial charge is 0.450 e. The first-order chi connectivity index (χ1) is 9.09. The Bertz CT molecular complexity index is 597. The lowest BCUT2D eigenvalue weighted by Gasteiger charge is -2.13. The average molecular weight is 258 g/mol. The second-order valence-electron chi connectivity index (χ2n) is 4.15. The van der Waals surface area contributed by atoms with Crippen molar-refractivity contribution in [3.05, 3.63) is 64.2 Å². The minimum atomic E-state index is -0.468. The Kier molecular flexibility index (Phi) is 3.77. The van der Waals surface area contributed by atoms with E-state index in [4.69, 9.17) is 10.5 Å². The molecule has 0 aromatic heterocycles. The van der Waals surface area contributed by atoms with Crippen molar-refractivity contribution in [3.63, 3.8) is 0 Å². The average Bonchev–Trinajstić information content (AvgIpc) is 2.39. The van der Waals surface area contributed by atoms with Gasteiger partial charge in [-0.2, -0.15) is 0 Å². The number of rotatable bonds is 4. The maximum atomic E-state index is 10.9. The lowest BCUT2D eigenvalue weighted by Crippen LogP contribution is -2.06. The third-order valence-corrected chi connectivity index (χ3v) is 2.69. The molecule has 5 nitrogen and oxygen atoms in total. The molecule has 98 valence electrons. The summed E-state index contributed by atoms with van der Waals surface area (Å²) < 4.78 is 5.64. The number of hydrogen-bond donors (Lipinski definition) is 1. The summed E-state index contributed by atoms with van der Waals surface area (Å²) in [6.45, 7) is 1.83.